The molecule has 0 saturated carbocycles. The van der Waals surface area contributed by atoms with Gasteiger partial charge in [-0.05, 0) is 31.2 Å². The molecule has 6 heteroatoms. The third-order valence-electron chi connectivity index (χ3n) is 4.54. The number of carbonyl (C=O) groups is 2. The van der Waals surface area contributed by atoms with Crippen molar-refractivity contribution in [3.63, 3.8) is 0 Å². The maximum Gasteiger partial charge on any atom is 0.237 e. The number of hydrogen-bond acceptors (Lipinski definition) is 4. The Morgan fingerprint density at radius 3 is 2.81 bits per heavy atom. The second-order valence-electron chi connectivity index (χ2n) is 6.51. The van der Waals surface area contributed by atoms with E-state index in [1.807, 2.05) is 67.6 Å². The lowest BCUT2D eigenvalue weighted by Gasteiger charge is -2.27. The molecule has 1 aromatic heterocycles. The van der Waals surface area contributed by atoms with Crippen LogP contribution in [0.1, 0.15) is 13.3 Å². The number of para-hydroxylation sites is 3. The van der Waals surface area contributed by atoms with Crippen LogP contribution < -0.4 is 10.2 Å². The Morgan fingerprint density at radius 2 is 1.93 bits per heavy atom. The molecule has 27 heavy (non-hydrogen) atoms. The average molecular weight is 377 g/mol. The molecule has 3 aromatic rings. The molecule has 1 aliphatic heterocycles. The van der Waals surface area contributed by atoms with E-state index in [9.17, 15) is 9.59 Å². The van der Waals surface area contributed by atoms with Gasteiger partial charge in [-0.25, -0.2) is 4.98 Å². The Kier molecular flexibility index (Phi) is 4.81. The summed E-state index contributed by atoms with van der Waals surface area (Å²) in [7, 11) is 0. The van der Waals surface area contributed by atoms with Crippen molar-refractivity contribution in [2.75, 3.05) is 16.0 Å². The number of carbonyl (C=O) groups excluding carboxylic acids is 2. The number of pyridine rings is 1. The minimum Gasteiger partial charge on any atom is -0.324 e. The number of amides is 2. The fraction of sp³-hybridized carbons (Fsp3) is 0.190. The van der Waals surface area contributed by atoms with Gasteiger partial charge in [0.2, 0.25) is 11.8 Å². The first-order chi connectivity index (χ1) is 13.1. The molecule has 2 aromatic carbocycles. The van der Waals surface area contributed by atoms with Gasteiger partial charge in [0.25, 0.3) is 0 Å². The van der Waals surface area contributed by atoms with E-state index in [2.05, 4.69) is 10.3 Å². The standard InChI is InChI=1S/C21H19N3O2S/c1-14-12-19(25)22-17-8-4-5-9-18(17)24(14)21(26)13-27-20-11-10-15-6-2-3-7-16(15)23-20/h2-11,14H,12-13H2,1H3,(H,22,25)/t14-/m0/s1. The van der Waals surface area contributed by atoms with Crippen LogP contribution in [0.4, 0.5) is 11.4 Å². The summed E-state index contributed by atoms with van der Waals surface area (Å²) in [5.74, 6) is 0.151. The Hall–Kier alpha value is -2.86. The van der Waals surface area contributed by atoms with Crippen LogP contribution in [-0.2, 0) is 9.59 Å². The third-order valence-corrected chi connectivity index (χ3v) is 5.46. The number of hydrogen-bond donors (Lipinski definition) is 1. The van der Waals surface area contributed by atoms with Crippen molar-refractivity contribution in [3.05, 3.63) is 60.7 Å². The van der Waals surface area contributed by atoms with Crippen LogP contribution in [0.2, 0.25) is 0 Å². The van der Waals surface area contributed by atoms with E-state index in [0.29, 0.717) is 5.69 Å². The van der Waals surface area contributed by atoms with Gasteiger partial charge in [-0.1, -0.05) is 48.2 Å². The van der Waals surface area contributed by atoms with Crippen LogP contribution >= 0.6 is 11.8 Å². The normalized spacial score (nSPS) is 16.6. The van der Waals surface area contributed by atoms with Crippen LogP contribution in [0.3, 0.4) is 0 Å². The van der Waals surface area contributed by atoms with Crippen molar-refractivity contribution in [2.24, 2.45) is 0 Å². The molecule has 0 radical (unpaired) electrons. The largest absolute Gasteiger partial charge is 0.324 e. The van der Waals surface area contributed by atoms with Crippen LogP contribution in [0, 0.1) is 0 Å². The lowest BCUT2D eigenvalue weighted by molar-refractivity contribution is -0.117. The molecular weight excluding hydrogens is 358 g/mol. The number of nitrogens with one attached hydrogen (secondary N) is 1. The van der Waals surface area contributed by atoms with E-state index in [0.717, 1.165) is 21.6 Å². The molecule has 0 unspecified atom stereocenters. The number of anilines is 2. The summed E-state index contributed by atoms with van der Waals surface area (Å²) in [4.78, 5) is 31.4. The third kappa shape index (κ3) is 3.66. The quantitative estimate of drug-likeness (QED) is 0.699. The van der Waals surface area contributed by atoms with Gasteiger partial charge in [0.15, 0.2) is 0 Å². The van der Waals surface area contributed by atoms with Crippen molar-refractivity contribution in [1.29, 1.82) is 0 Å². The average Bonchev–Trinajstić information content (AvgIpc) is 2.80. The lowest BCUT2D eigenvalue weighted by Crippen LogP contribution is -2.40. The number of nitrogens with zero attached hydrogens (tertiary/aromatic N) is 2. The maximum absolute atomic E-state index is 13.0. The van der Waals surface area contributed by atoms with Crippen molar-refractivity contribution in [1.82, 2.24) is 4.98 Å². The van der Waals surface area contributed by atoms with Gasteiger partial charge in [-0.15, -0.1) is 0 Å². The molecule has 0 bridgehead atoms. The number of aromatic nitrogens is 1. The highest BCUT2D eigenvalue weighted by atomic mass is 32.2. The molecule has 2 heterocycles. The van der Waals surface area contributed by atoms with E-state index >= 15 is 0 Å². The fourth-order valence-corrected chi connectivity index (χ4v) is 4.04. The molecule has 136 valence electrons. The first kappa shape index (κ1) is 17.5. The zero-order chi connectivity index (χ0) is 18.8. The molecular formula is C21H19N3O2S. The number of fused-ring (bicyclic) bond motifs is 2. The Labute approximate surface area is 161 Å². The molecule has 0 saturated heterocycles. The molecule has 1 N–H and O–H groups in total. The zero-order valence-electron chi connectivity index (χ0n) is 14.9. The highest BCUT2D eigenvalue weighted by Crippen LogP contribution is 2.32. The van der Waals surface area contributed by atoms with E-state index in [1.165, 1.54) is 11.8 Å². The Balaban J connectivity index is 1.55. The monoisotopic (exact) mass is 377 g/mol. The number of rotatable bonds is 3. The minimum atomic E-state index is -0.202. The van der Waals surface area contributed by atoms with Crippen LogP contribution in [-0.4, -0.2) is 28.6 Å². The van der Waals surface area contributed by atoms with Crippen LogP contribution in [0.25, 0.3) is 10.9 Å². The molecule has 0 spiro atoms. The second-order valence-corrected chi connectivity index (χ2v) is 7.51. The van der Waals surface area contributed by atoms with Crippen molar-refractivity contribution < 1.29 is 9.59 Å². The molecule has 5 nitrogen and oxygen atoms in total. The number of thioether (sulfide) groups is 1. The second kappa shape index (κ2) is 7.40. The first-order valence-electron chi connectivity index (χ1n) is 8.81. The van der Waals surface area contributed by atoms with E-state index < -0.39 is 0 Å². The molecule has 4 rings (SSSR count). The first-order valence-corrected chi connectivity index (χ1v) is 9.80. The lowest BCUT2D eigenvalue weighted by atomic mass is 10.2. The summed E-state index contributed by atoms with van der Waals surface area (Å²) in [5.41, 5.74) is 2.33. The van der Waals surface area contributed by atoms with Gasteiger partial charge in [-0.2, -0.15) is 0 Å². The maximum atomic E-state index is 13.0. The van der Waals surface area contributed by atoms with Crippen molar-refractivity contribution in [2.45, 2.75) is 24.4 Å². The van der Waals surface area contributed by atoms with E-state index in [1.54, 1.807) is 4.90 Å². The summed E-state index contributed by atoms with van der Waals surface area (Å²) in [5, 5.41) is 4.77. The van der Waals surface area contributed by atoms with Gasteiger partial charge in [0.1, 0.15) is 0 Å². The predicted octanol–water partition coefficient (Wildman–Crippen LogP) is 4.09. The Bertz CT molecular complexity index is 1020. The molecule has 0 aliphatic carbocycles. The summed E-state index contributed by atoms with van der Waals surface area (Å²) in [6.07, 6.45) is 0.277. The van der Waals surface area contributed by atoms with Crippen molar-refractivity contribution >= 4 is 45.9 Å². The zero-order valence-corrected chi connectivity index (χ0v) is 15.7. The van der Waals surface area contributed by atoms with Crippen LogP contribution in [0.15, 0.2) is 65.7 Å². The van der Waals surface area contributed by atoms with Gasteiger partial charge in [0.05, 0.1) is 27.7 Å². The van der Waals surface area contributed by atoms with Crippen molar-refractivity contribution in [3.8, 4) is 0 Å². The molecule has 1 aliphatic rings. The SMILES string of the molecule is C[C@H]1CC(=O)Nc2ccccc2N1C(=O)CSc1ccc2ccccc2n1. The molecule has 2 amide bonds. The molecule has 0 fully saturated rings. The fourth-order valence-electron chi connectivity index (χ4n) is 3.30. The highest BCUT2D eigenvalue weighted by Gasteiger charge is 2.29. The predicted molar refractivity (Wildman–Crippen MR) is 109 cm³/mol. The van der Waals surface area contributed by atoms with E-state index in [4.69, 9.17) is 0 Å². The summed E-state index contributed by atoms with van der Waals surface area (Å²) < 4.78 is 0. The van der Waals surface area contributed by atoms with Gasteiger partial charge in [0, 0.05) is 17.8 Å². The van der Waals surface area contributed by atoms with Crippen LogP contribution in [0.5, 0.6) is 0 Å². The molecule has 1 atom stereocenters. The van der Waals surface area contributed by atoms with Gasteiger partial charge < -0.3 is 10.2 Å². The van der Waals surface area contributed by atoms with E-state index in [-0.39, 0.29) is 30.0 Å². The summed E-state index contributed by atoms with van der Waals surface area (Å²) >= 11 is 1.41. The minimum absolute atomic E-state index is 0.0357. The topological polar surface area (TPSA) is 62.3 Å². The van der Waals surface area contributed by atoms with Gasteiger partial charge >= 0.3 is 0 Å². The Morgan fingerprint density at radius 1 is 1.15 bits per heavy atom. The number of benzene rings is 2. The summed E-state index contributed by atoms with van der Waals surface area (Å²) in [6.45, 7) is 1.90. The van der Waals surface area contributed by atoms with Gasteiger partial charge in [-0.3, -0.25) is 9.59 Å². The summed E-state index contributed by atoms with van der Waals surface area (Å²) in [6, 6.07) is 19.1. The smallest absolute Gasteiger partial charge is 0.237 e. The highest BCUT2D eigenvalue weighted by molar-refractivity contribution is 7.99.